The number of nitrogens with one attached hydrogen (secondary N) is 1. The Hall–Kier alpha value is -1.96. The molecule has 0 radical (unpaired) electrons. The van der Waals surface area contributed by atoms with Gasteiger partial charge in [-0.1, -0.05) is 29.3 Å². The van der Waals surface area contributed by atoms with Gasteiger partial charge in [0, 0.05) is 12.6 Å². The fourth-order valence-corrected chi connectivity index (χ4v) is 3.64. The smallest absolute Gasteiger partial charge is 0.252 e. The summed E-state index contributed by atoms with van der Waals surface area (Å²) in [6.07, 6.45) is 0.908. The van der Waals surface area contributed by atoms with Crippen molar-refractivity contribution >= 4 is 34.9 Å². The molecule has 2 heterocycles. The van der Waals surface area contributed by atoms with E-state index in [1.54, 1.807) is 6.07 Å². The molecule has 0 aliphatic carbocycles. The van der Waals surface area contributed by atoms with Gasteiger partial charge in [0.2, 0.25) is 0 Å². The maximum atomic E-state index is 13.9. The molecule has 1 saturated heterocycles. The number of primary amides is 1. The highest BCUT2D eigenvalue weighted by atomic mass is 35.5. The minimum Gasteiger partial charge on any atom is -0.368 e. The highest BCUT2D eigenvalue weighted by Gasteiger charge is 2.33. The second-order valence-corrected chi connectivity index (χ2v) is 7.12. The third-order valence-corrected chi connectivity index (χ3v) is 5.11. The quantitative estimate of drug-likeness (QED) is 0.809. The van der Waals surface area contributed by atoms with Crippen LogP contribution in [0.25, 0.3) is 0 Å². The number of nitrogens with zero attached hydrogens (tertiary/aromatic N) is 3. The number of hydrogen-bond acceptors (Lipinski definition) is 5. The molecule has 138 valence electrons. The number of carbonyl (C=O) groups is 1. The van der Waals surface area contributed by atoms with Crippen molar-refractivity contribution in [1.82, 2.24) is 15.1 Å². The highest BCUT2D eigenvalue weighted by molar-refractivity contribution is 6.30. The molecular weight excluding hydrogens is 380 g/mol. The number of carbonyl (C=O) groups excluding carboxylic acids is 1. The number of nitrogens with two attached hydrogens (primary N) is 1. The van der Waals surface area contributed by atoms with E-state index in [1.165, 1.54) is 12.1 Å². The van der Waals surface area contributed by atoms with E-state index >= 15 is 0 Å². The monoisotopic (exact) mass is 397 g/mol. The van der Waals surface area contributed by atoms with Gasteiger partial charge in [-0.05, 0) is 49.7 Å². The summed E-state index contributed by atoms with van der Waals surface area (Å²) in [7, 11) is 1.99. The van der Waals surface area contributed by atoms with Crippen LogP contribution in [0.15, 0.2) is 24.3 Å². The predicted molar refractivity (Wildman–Crippen MR) is 98.9 cm³/mol. The molecule has 3 rings (SSSR count). The summed E-state index contributed by atoms with van der Waals surface area (Å²) in [6, 6.07) is 6.28. The van der Waals surface area contributed by atoms with Gasteiger partial charge in [0.15, 0.2) is 11.0 Å². The van der Waals surface area contributed by atoms with Crippen LogP contribution < -0.4 is 11.1 Å². The molecular formula is C17H18Cl2FN5O. The van der Waals surface area contributed by atoms with E-state index in [9.17, 15) is 9.18 Å². The lowest BCUT2D eigenvalue weighted by Crippen LogP contribution is -2.26. The molecule has 2 aromatic rings. The number of rotatable bonds is 5. The molecule has 2 atom stereocenters. The molecule has 26 heavy (non-hydrogen) atoms. The van der Waals surface area contributed by atoms with Gasteiger partial charge in [0.25, 0.3) is 5.91 Å². The Morgan fingerprint density at radius 1 is 1.38 bits per heavy atom. The minimum absolute atomic E-state index is 0.0200. The molecule has 1 fully saturated rings. The van der Waals surface area contributed by atoms with Gasteiger partial charge in [-0.3, -0.25) is 9.69 Å². The Morgan fingerprint density at radius 3 is 2.85 bits per heavy atom. The Labute approximate surface area is 160 Å². The molecule has 1 aromatic carbocycles. The van der Waals surface area contributed by atoms with Crippen LogP contribution in [0.2, 0.25) is 10.2 Å². The average Bonchev–Trinajstić information content (AvgIpc) is 2.97. The van der Waals surface area contributed by atoms with E-state index in [1.807, 2.05) is 13.1 Å². The second kappa shape index (κ2) is 7.73. The second-order valence-electron chi connectivity index (χ2n) is 6.32. The molecule has 0 saturated carbocycles. The molecule has 0 spiro atoms. The van der Waals surface area contributed by atoms with Gasteiger partial charge < -0.3 is 11.1 Å². The summed E-state index contributed by atoms with van der Waals surface area (Å²) in [5.41, 5.74) is 6.41. The lowest BCUT2D eigenvalue weighted by Gasteiger charge is -2.26. The normalized spacial score (nSPS) is 20.3. The number of likely N-dealkylation sites (tertiary alicyclic amines) is 1. The molecule has 1 aliphatic rings. The summed E-state index contributed by atoms with van der Waals surface area (Å²) in [6.45, 7) is 1.39. The summed E-state index contributed by atoms with van der Waals surface area (Å²) in [4.78, 5) is 13.7. The van der Waals surface area contributed by atoms with E-state index < -0.39 is 11.7 Å². The predicted octanol–water partition coefficient (Wildman–Crippen LogP) is 3.13. The van der Waals surface area contributed by atoms with Crippen LogP contribution in [-0.4, -0.2) is 41.1 Å². The van der Waals surface area contributed by atoms with E-state index in [-0.39, 0.29) is 33.5 Å². The van der Waals surface area contributed by atoms with E-state index in [0.717, 1.165) is 18.5 Å². The molecule has 2 unspecified atom stereocenters. The summed E-state index contributed by atoms with van der Waals surface area (Å²) in [5, 5.41) is 11.0. The van der Waals surface area contributed by atoms with Crippen molar-refractivity contribution in [2.45, 2.75) is 12.5 Å². The first-order valence-electron chi connectivity index (χ1n) is 8.09. The lowest BCUT2D eigenvalue weighted by molar-refractivity contribution is 0.100. The van der Waals surface area contributed by atoms with Gasteiger partial charge in [-0.25, -0.2) is 4.39 Å². The van der Waals surface area contributed by atoms with Gasteiger partial charge in [0.1, 0.15) is 5.82 Å². The zero-order chi connectivity index (χ0) is 18.8. The first kappa shape index (κ1) is 18.8. The van der Waals surface area contributed by atoms with Crippen LogP contribution in [0, 0.1) is 11.7 Å². The third-order valence-electron chi connectivity index (χ3n) is 4.62. The maximum Gasteiger partial charge on any atom is 0.252 e. The third kappa shape index (κ3) is 3.90. The standard InChI is InChI=1S/C17H18Cl2FN5O/c1-25-5-4-10(15(25)9-2-3-12(18)13(20)6-9)8-22-17-11(16(21)26)7-14(19)23-24-17/h2-3,6-7,10,15H,4-5,8H2,1H3,(H2,21,26)(H,22,24). The van der Waals surface area contributed by atoms with E-state index in [0.29, 0.717) is 6.54 Å². The van der Waals surface area contributed by atoms with Gasteiger partial charge in [-0.15, -0.1) is 10.2 Å². The molecule has 1 aromatic heterocycles. The Kier molecular flexibility index (Phi) is 5.60. The Bertz CT molecular complexity index is 835. The van der Waals surface area contributed by atoms with Crippen LogP contribution >= 0.6 is 23.2 Å². The molecule has 1 aliphatic heterocycles. The minimum atomic E-state index is -0.635. The number of halogens is 3. The van der Waals surface area contributed by atoms with E-state index in [2.05, 4.69) is 20.4 Å². The van der Waals surface area contributed by atoms with E-state index in [4.69, 9.17) is 28.9 Å². The molecule has 0 bridgehead atoms. The Morgan fingerprint density at radius 2 is 2.15 bits per heavy atom. The average molecular weight is 398 g/mol. The number of benzene rings is 1. The van der Waals surface area contributed by atoms with Crippen molar-refractivity contribution in [3.63, 3.8) is 0 Å². The fraction of sp³-hybridized carbons (Fsp3) is 0.353. The number of hydrogen-bond donors (Lipinski definition) is 2. The summed E-state index contributed by atoms with van der Waals surface area (Å²) >= 11 is 11.6. The van der Waals surface area contributed by atoms with Crippen LogP contribution in [0.1, 0.15) is 28.4 Å². The van der Waals surface area contributed by atoms with Gasteiger partial charge in [0.05, 0.1) is 10.6 Å². The molecule has 6 nitrogen and oxygen atoms in total. The molecule has 9 heteroatoms. The van der Waals surface area contributed by atoms with Gasteiger partial charge in [-0.2, -0.15) is 0 Å². The van der Waals surface area contributed by atoms with Crippen LogP contribution in [0.3, 0.4) is 0 Å². The van der Waals surface area contributed by atoms with Crippen LogP contribution in [0.5, 0.6) is 0 Å². The zero-order valence-electron chi connectivity index (χ0n) is 14.0. The summed E-state index contributed by atoms with van der Waals surface area (Å²) < 4.78 is 13.9. The lowest BCUT2D eigenvalue weighted by atomic mass is 9.93. The van der Waals surface area contributed by atoms with Crippen molar-refractivity contribution in [3.8, 4) is 0 Å². The maximum absolute atomic E-state index is 13.9. The fourth-order valence-electron chi connectivity index (χ4n) is 3.38. The topological polar surface area (TPSA) is 84.1 Å². The number of anilines is 1. The van der Waals surface area contributed by atoms with Crippen molar-refractivity contribution in [1.29, 1.82) is 0 Å². The zero-order valence-corrected chi connectivity index (χ0v) is 15.6. The summed E-state index contributed by atoms with van der Waals surface area (Å²) in [5.74, 6) is -0.601. The first-order valence-corrected chi connectivity index (χ1v) is 8.84. The van der Waals surface area contributed by atoms with Crippen LogP contribution in [-0.2, 0) is 0 Å². The van der Waals surface area contributed by atoms with Crippen molar-refractivity contribution in [3.05, 3.63) is 51.4 Å². The van der Waals surface area contributed by atoms with Crippen molar-refractivity contribution in [2.24, 2.45) is 11.7 Å². The SMILES string of the molecule is CN1CCC(CNc2nnc(Cl)cc2C(N)=O)C1c1ccc(Cl)c(F)c1. The van der Waals surface area contributed by atoms with Crippen LogP contribution in [0.4, 0.5) is 10.2 Å². The Balaban J connectivity index is 1.79. The number of aromatic nitrogens is 2. The molecule has 1 amide bonds. The first-order chi connectivity index (χ1) is 12.4. The van der Waals surface area contributed by atoms with Gasteiger partial charge >= 0.3 is 0 Å². The molecule has 3 N–H and O–H groups in total. The highest BCUT2D eigenvalue weighted by Crippen LogP contribution is 2.37. The number of amides is 1. The van der Waals surface area contributed by atoms with Crippen molar-refractivity contribution in [2.75, 3.05) is 25.5 Å². The largest absolute Gasteiger partial charge is 0.368 e. The van der Waals surface area contributed by atoms with Crippen molar-refractivity contribution < 1.29 is 9.18 Å².